The van der Waals surface area contributed by atoms with Gasteiger partial charge in [-0.05, 0) is 39.3 Å². The lowest BCUT2D eigenvalue weighted by Crippen LogP contribution is -2.45. The summed E-state index contributed by atoms with van der Waals surface area (Å²) in [7, 11) is 0. The van der Waals surface area contributed by atoms with Crippen molar-refractivity contribution in [2.45, 2.75) is 32.7 Å². The van der Waals surface area contributed by atoms with E-state index in [1.807, 2.05) is 29.9 Å². The van der Waals surface area contributed by atoms with Crippen LogP contribution in [-0.2, 0) is 0 Å². The molecular formula is C15H20N4OS. The van der Waals surface area contributed by atoms with Crippen LogP contribution >= 0.6 is 11.3 Å². The molecule has 0 bridgehead atoms. The highest BCUT2D eigenvalue weighted by atomic mass is 32.1. The van der Waals surface area contributed by atoms with Crippen molar-refractivity contribution >= 4 is 17.2 Å². The minimum atomic E-state index is 0.0135. The van der Waals surface area contributed by atoms with Gasteiger partial charge in [0.2, 0.25) is 0 Å². The maximum Gasteiger partial charge on any atom is 0.253 e. The highest BCUT2D eigenvalue weighted by Crippen LogP contribution is 2.22. The molecule has 1 fully saturated rings. The molecule has 1 saturated heterocycles. The number of nitrogens with one attached hydrogen (secondary N) is 2. The third-order valence-corrected chi connectivity index (χ3v) is 4.68. The molecule has 112 valence electrons. The summed E-state index contributed by atoms with van der Waals surface area (Å²) in [5, 5.41) is 9.30. The number of hydrogen-bond acceptors (Lipinski definition) is 4. The molecule has 3 heterocycles. The molecule has 0 saturated carbocycles. The molecule has 1 atom stereocenters. The highest BCUT2D eigenvalue weighted by Gasteiger charge is 2.21. The van der Waals surface area contributed by atoms with Gasteiger partial charge in [0.25, 0.3) is 5.91 Å². The molecule has 1 amide bonds. The number of thiazole rings is 1. The lowest BCUT2D eigenvalue weighted by molar-refractivity contribution is 0.0930. The molecule has 0 radical (unpaired) electrons. The number of nitrogens with zero attached hydrogens (tertiary/aromatic N) is 2. The van der Waals surface area contributed by atoms with Gasteiger partial charge in [-0.15, -0.1) is 11.3 Å². The van der Waals surface area contributed by atoms with Crippen LogP contribution in [0.1, 0.15) is 34.6 Å². The van der Waals surface area contributed by atoms with Gasteiger partial charge in [0.05, 0.1) is 5.56 Å². The third-order valence-electron chi connectivity index (χ3n) is 3.92. The average Bonchev–Trinajstić information content (AvgIpc) is 3.08. The molecule has 0 spiro atoms. The summed E-state index contributed by atoms with van der Waals surface area (Å²) in [6.07, 6.45) is 3.94. The van der Waals surface area contributed by atoms with Gasteiger partial charge in [-0.3, -0.25) is 9.36 Å². The molecule has 0 aromatic carbocycles. The predicted octanol–water partition coefficient (Wildman–Crippen LogP) is 2.03. The summed E-state index contributed by atoms with van der Waals surface area (Å²) in [5.74, 6) is 0.0135. The van der Waals surface area contributed by atoms with Gasteiger partial charge >= 0.3 is 0 Å². The smallest absolute Gasteiger partial charge is 0.253 e. The molecular weight excluding hydrogens is 284 g/mol. The monoisotopic (exact) mass is 304 g/mol. The lowest BCUT2D eigenvalue weighted by atomic mass is 10.1. The van der Waals surface area contributed by atoms with Gasteiger partial charge in [0, 0.05) is 35.6 Å². The Balaban J connectivity index is 1.82. The quantitative estimate of drug-likeness (QED) is 0.912. The zero-order valence-corrected chi connectivity index (χ0v) is 13.2. The summed E-state index contributed by atoms with van der Waals surface area (Å²) in [6.45, 7) is 5.89. The molecule has 1 aliphatic rings. The van der Waals surface area contributed by atoms with Gasteiger partial charge in [-0.2, -0.15) is 0 Å². The Morgan fingerprint density at radius 2 is 2.38 bits per heavy atom. The minimum absolute atomic E-state index is 0.0135. The zero-order valence-electron chi connectivity index (χ0n) is 12.3. The van der Waals surface area contributed by atoms with Gasteiger partial charge in [-0.25, -0.2) is 4.98 Å². The van der Waals surface area contributed by atoms with Crippen molar-refractivity contribution in [3.63, 3.8) is 0 Å². The van der Waals surface area contributed by atoms with E-state index in [1.54, 1.807) is 17.5 Å². The van der Waals surface area contributed by atoms with Crippen molar-refractivity contribution in [3.8, 4) is 5.13 Å². The van der Waals surface area contributed by atoms with E-state index in [4.69, 9.17) is 0 Å². The van der Waals surface area contributed by atoms with E-state index in [9.17, 15) is 4.79 Å². The van der Waals surface area contributed by atoms with E-state index in [2.05, 4.69) is 15.6 Å². The van der Waals surface area contributed by atoms with Crippen LogP contribution in [0.4, 0.5) is 0 Å². The normalized spacial score (nSPS) is 18.7. The fraction of sp³-hybridized carbons (Fsp3) is 0.467. The Morgan fingerprint density at radius 3 is 3.05 bits per heavy atom. The third kappa shape index (κ3) is 2.87. The van der Waals surface area contributed by atoms with E-state index < -0.39 is 0 Å². The van der Waals surface area contributed by atoms with Gasteiger partial charge in [-0.1, -0.05) is 0 Å². The van der Waals surface area contributed by atoms with Crippen molar-refractivity contribution in [2.75, 3.05) is 13.1 Å². The van der Waals surface area contributed by atoms with Crippen molar-refractivity contribution in [3.05, 3.63) is 34.6 Å². The first kappa shape index (κ1) is 14.3. The first-order valence-corrected chi connectivity index (χ1v) is 8.15. The molecule has 2 aromatic heterocycles. The molecule has 2 aromatic rings. The molecule has 3 rings (SSSR count). The van der Waals surface area contributed by atoms with Crippen molar-refractivity contribution in [1.29, 1.82) is 0 Å². The summed E-state index contributed by atoms with van der Waals surface area (Å²) >= 11 is 1.58. The standard InChI is InChI=1S/C15H20N4OS/c1-10-8-13(11(2)19(10)15-17-6-7-21-15)14(20)18-12-4-3-5-16-9-12/h6-8,12,16H,3-5,9H2,1-2H3,(H,18,20)/t12-/m0/s1. The van der Waals surface area contributed by atoms with E-state index in [0.29, 0.717) is 0 Å². The summed E-state index contributed by atoms with van der Waals surface area (Å²) in [6, 6.07) is 2.18. The van der Waals surface area contributed by atoms with E-state index >= 15 is 0 Å². The van der Waals surface area contributed by atoms with E-state index in [-0.39, 0.29) is 11.9 Å². The van der Waals surface area contributed by atoms with E-state index in [0.717, 1.165) is 48.0 Å². The molecule has 0 unspecified atom stereocenters. The summed E-state index contributed by atoms with van der Waals surface area (Å²) in [5.41, 5.74) is 2.73. The molecule has 6 heteroatoms. The second-order valence-corrected chi connectivity index (χ2v) is 6.32. The number of rotatable bonds is 3. The number of amides is 1. The fourth-order valence-corrected chi connectivity index (χ4v) is 3.60. The van der Waals surface area contributed by atoms with Crippen LogP contribution in [0, 0.1) is 13.8 Å². The Hall–Kier alpha value is -1.66. The summed E-state index contributed by atoms with van der Waals surface area (Å²) in [4.78, 5) is 16.8. The van der Waals surface area contributed by atoms with Gasteiger partial charge in [0.1, 0.15) is 0 Å². The fourth-order valence-electron chi connectivity index (χ4n) is 2.85. The Labute approximate surface area is 128 Å². The highest BCUT2D eigenvalue weighted by molar-refractivity contribution is 7.12. The van der Waals surface area contributed by atoms with Gasteiger partial charge < -0.3 is 10.6 Å². The molecule has 21 heavy (non-hydrogen) atoms. The number of carbonyl (C=O) groups is 1. The zero-order chi connectivity index (χ0) is 14.8. The number of aromatic nitrogens is 2. The van der Waals surface area contributed by atoms with Crippen LogP contribution in [0.25, 0.3) is 5.13 Å². The number of aryl methyl sites for hydroxylation is 1. The number of piperidine rings is 1. The molecule has 5 nitrogen and oxygen atoms in total. The molecule has 1 aliphatic heterocycles. The second-order valence-electron chi connectivity index (χ2n) is 5.45. The Bertz CT molecular complexity index is 626. The lowest BCUT2D eigenvalue weighted by Gasteiger charge is -2.23. The van der Waals surface area contributed by atoms with Crippen molar-refractivity contribution in [2.24, 2.45) is 0 Å². The molecule has 0 aliphatic carbocycles. The van der Waals surface area contributed by atoms with Crippen LogP contribution in [0.2, 0.25) is 0 Å². The first-order valence-electron chi connectivity index (χ1n) is 7.27. The van der Waals surface area contributed by atoms with E-state index in [1.165, 1.54) is 0 Å². The Kier molecular flexibility index (Phi) is 4.07. The maximum absolute atomic E-state index is 12.5. The van der Waals surface area contributed by atoms with Crippen molar-refractivity contribution in [1.82, 2.24) is 20.2 Å². The molecule has 2 N–H and O–H groups in total. The van der Waals surface area contributed by atoms with Crippen LogP contribution in [-0.4, -0.2) is 34.6 Å². The van der Waals surface area contributed by atoms with Crippen LogP contribution in [0.3, 0.4) is 0 Å². The first-order chi connectivity index (χ1) is 10.2. The van der Waals surface area contributed by atoms with Gasteiger partial charge in [0.15, 0.2) is 5.13 Å². The van der Waals surface area contributed by atoms with Crippen LogP contribution < -0.4 is 10.6 Å². The SMILES string of the molecule is Cc1cc(C(=O)N[C@H]2CCCNC2)c(C)n1-c1nccs1. The van der Waals surface area contributed by atoms with Crippen LogP contribution in [0.15, 0.2) is 17.6 Å². The average molecular weight is 304 g/mol. The topological polar surface area (TPSA) is 59.0 Å². The number of hydrogen-bond donors (Lipinski definition) is 2. The minimum Gasteiger partial charge on any atom is -0.348 e. The number of carbonyl (C=O) groups excluding carboxylic acids is 1. The predicted molar refractivity (Wildman–Crippen MR) is 84.3 cm³/mol. The van der Waals surface area contributed by atoms with Crippen molar-refractivity contribution < 1.29 is 4.79 Å². The van der Waals surface area contributed by atoms with Crippen LogP contribution in [0.5, 0.6) is 0 Å². The maximum atomic E-state index is 12.5. The second kappa shape index (κ2) is 5.99. The largest absolute Gasteiger partial charge is 0.348 e. The summed E-state index contributed by atoms with van der Waals surface area (Å²) < 4.78 is 2.04. The Morgan fingerprint density at radius 1 is 1.52 bits per heavy atom.